The van der Waals surface area contributed by atoms with Gasteiger partial charge in [0.2, 0.25) is 0 Å². The van der Waals surface area contributed by atoms with Crippen molar-refractivity contribution in [2.24, 2.45) is 0 Å². The quantitative estimate of drug-likeness (QED) is 0.154. The van der Waals surface area contributed by atoms with Crippen molar-refractivity contribution in [3.05, 3.63) is 157 Å². The second-order valence-electron chi connectivity index (χ2n) is 13.8. The Balaban J connectivity index is 0.000000157. The molecule has 2 unspecified atom stereocenters. The van der Waals surface area contributed by atoms with Crippen LogP contribution >= 0.6 is 27.3 Å². The molecule has 0 radical (unpaired) electrons. The van der Waals surface area contributed by atoms with Gasteiger partial charge in [-0.1, -0.05) is 90.4 Å². The first-order valence-electron chi connectivity index (χ1n) is 18.0. The van der Waals surface area contributed by atoms with E-state index in [1.807, 2.05) is 28.9 Å². The number of benzene rings is 3. The van der Waals surface area contributed by atoms with Crippen molar-refractivity contribution >= 4 is 27.3 Å². The summed E-state index contributed by atoms with van der Waals surface area (Å²) in [5.74, 6) is 1.71. The third-order valence-corrected chi connectivity index (χ3v) is 11.1. The zero-order chi connectivity index (χ0) is 37.0. The topological polar surface area (TPSA) is 111 Å². The molecule has 0 bridgehead atoms. The number of rotatable bonds is 9. The highest BCUT2D eigenvalue weighted by Crippen LogP contribution is 2.36. The number of aromatic nitrogens is 10. The van der Waals surface area contributed by atoms with Crippen molar-refractivity contribution in [2.45, 2.75) is 64.6 Å². The normalized spacial score (nSPS) is 17.2. The van der Waals surface area contributed by atoms with E-state index in [1.165, 1.54) is 27.6 Å². The maximum Gasteiger partial charge on any atom is 0.173 e. The minimum atomic E-state index is -0.250. The van der Waals surface area contributed by atoms with E-state index in [4.69, 9.17) is 5.10 Å². The van der Waals surface area contributed by atoms with Gasteiger partial charge < -0.3 is 0 Å². The first-order valence-corrected chi connectivity index (χ1v) is 19.7. The van der Waals surface area contributed by atoms with Crippen LogP contribution in [0.25, 0.3) is 0 Å². The van der Waals surface area contributed by atoms with Crippen molar-refractivity contribution < 1.29 is 4.39 Å². The summed E-state index contributed by atoms with van der Waals surface area (Å²) in [6, 6.07) is 29.5. The lowest BCUT2D eigenvalue weighted by atomic mass is 9.97. The van der Waals surface area contributed by atoms with Gasteiger partial charge in [0.1, 0.15) is 11.9 Å². The van der Waals surface area contributed by atoms with E-state index in [2.05, 4.69) is 135 Å². The predicted molar refractivity (Wildman–Crippen MR) is 207 cm³/mol. The molecule has 9 rings (SSSR count). The monoisotopic (exact) mass is 806 g/mol. The van der Waals surface area contributed by atoms with E-state index in [1.54, 1.807) is 28.2 Å². The Hall–Kier alpha value is -4.96. The minimum Gasteiger partial charge on any atom is -0.284 e. The van der Waals surface area contributed by atoms with Gasteiger partial charge in [-0.15, -0.1) is 21.5 Å². The largest absolute Gasteiger partial charge is 0.284 e. The number of halogens is 2. The molecule has 2 aliphatic rings. The second kappa shape index (κ2) is 16.2. The van der Waals surface area contributed by atoms with Crippen molar-refractivity contribution in [2.75, 3.05) is 13.1 Å². The third kappa shape index (κ3) is 7.94. The number of fused-ring (bicyclic) bond motifs is 2. The molecule has 54 heavy (non-hydrogen) atoms. The molecule has 15 heteroatoms. The Kier molecular flexibility index (Phi) is 10.8. The molecule has 6 heterocycles. The smallest absolute Gasteiger partial charge is 0.173 e. The molecular formula is C39H40BrFN12S. The fourth-order valence-corrected chi connectivity index (χ4v) is 8.49. The number of tetrazole rings is 2. The van der Waals surface area contributed by atoms with Crippen LogP contribution in [-0.2, 0) is 32.7 Å². The lowest BCUT2D eigenvalue weighted by Crippen LogP contribution is -2.39. The molecule has 12 nitrogen and oxygen atoms in total. The van der Waals surface area contributed by atoms with Crippen LogP contribution in [0.4, 0.5) is 4.39 Å². The highest BCUT2D eigenvalue weighted by molar-refractivity contribution is 9.10. The number of hydrogen-bond acceptors (Lipinski definition) is 10. The lowest BCUT2D eigenvalue weighted by Gasteiger charge is -2.34. The Morgan fingerprint density at radius 1 is 0.741 bits per heavy atom. The first kappa shape index (κ1) is 36.0. The molecule has 0 spiro atoms. The summed E-state index contributed by atoms with van der Waals surface area (Å²) in [5.41, 5.74) is 5.61. The molecule has 0 N–H and O–H groups in total. The average Bonchev–Trinajstić information content (AvgIpc) is 4.00. The third-order valence-electron chi connectivity index (χ3n) is 9.76. The molecule has 0 fully saturated rings. The van der Waals surface area contributed by atoms with Gasteiger partial charge in [-0.2, -0.15) is 5.10 Å². The Labute approximate surface area is 325 Å². The van der Waals surface area contributed by atoms with Crippen LogP contribution in [0.1, 0.15) is 76.3 Å². The molecule has 0 saturated heterocycles. The molecular weight excluding hydrogens is 767 g/mol. The van der Waals surface area contributed by atoms with Crippen LogP contribution in [0, 0.1) is 5.82 Å². The van der Waals surface area contributed by atoms with Gasteiger partial charge in [0.05, 0.1) is 31.4 Å². The Morgan fingerprint density at radius 3 is 2.13 bits per heavy atom. The van der Waals surface area contributed by atoms with Crippen LogP contribution in [0.2, 0.25) is 0 Å². The van der Waals surface area contributed by atoms with Gasteiger partial charge in [-0.05, 0) is 79.2 Å². The van der Waals surface area contributed by atoms with Gasteiger partial charge in [0.15, 0.2) is 11.6 Å². The maximum atomic E-state index is 13.7. The maximum absolute atomic E-state index is 13.7. The Morgan fingerprint density at radius 2 is 1.44 bits per heavy atom. The first-order chi connectivity index (χ1) is 26.4. The number of thiophene rings is 1. The fourth-order valence-electron chi connectivity index (χ4n) is 7.31. The number of hydrogen-bond donors (Lipinski definition) is 0. The molecule has 0 aliphatic carbocycles. The van der Waals surface area contributed by atoms with Gasteiger partial charge in [0, 0.05) is 47.3 Å². The summed E-state index contributed by atoms with van der Waals surface area (Å²) < 4.78 is 20.6. The van der Waals surface area contributed by atoms with Crippen molar-refractivity contribution in [1.82, 2.24) is 60.0 Å². The average molecular weight is 808 g/mol. The molecule has 0 amide bonds. The van der Waals surface area contributed by atoms with Gasteiger partial charge in [-0.3, -0.25) is 14.5 Å². The molecule has 2 atom stereocenters. The minimum absolute atomic E-state index is 0.00206. The molecule has 3 aromatic carbocycles. The summed E-state index contributed by atoms with van der Waals surface area (Å²) >= 11 is 5.31. The summed E-state index contributed by atoms with van der Waals surface area (Å²) in [4.78, 5) is 6.11. The van der Waals surface area contributed by atoms with E-state index < -0.39 is 0 Å². The zero-order valence-corrected chi connectivity index (χ0v) is 32.4. The molecule has 276 valence electrons. The van der Waals surface area contributed by atoms with Crippen LogP contribution in [0.3, 0.4) is 0 Å². The van der Waals surface area contributed by atoms with E-state index in [0.29, 0.717) is 5.92 Å². The van der Waals surface area contributed by atoms with Crippen LogP contribution in [-0.4, -0.2) is 73.1 Å². The molecule has 2 aliphatic heterocycles. The predicted octanol–water partition coefficient (Wildman–Crippen LogP) is 6.89. The van der Waals surface area contributed by atoms with Gasteiger partial charge >= 0.3 is 0 Å². The second-order valence-corrected chi connectivity index (χ2v) is 15.8. The summed E-state index contributed by atoms with van der Waals surface area (Å²) in [6.07, 6.45) is 2.19. The highest BCUT2D eigenvalue weighted by atomic mass is 79.9. The molecule has 0 saturated carbocycles. The van der Waals surface area contributed by atoms with Crippen LogP contribution in [0.5, 0.6) is 0 Å². The van der Waals surface area contributed by atoms with Crippen molar-refractivity contribution in [3.8, 4) is 0 Å². The van der Waals surface area contributed by atoms with E-state index in [0.717, 1.165) is 73.2 Å². The molecule has 7 aromatic rings. The van der Waals surface area contributed by atoms with Crippen molar-refractivity contribution in [1.29, 1.82) is 0 Å². The lowest BCUT2D eigenvalue weighted by molar-refractivity contribution is 0.163. The number of nitrogens with zero attached hydrogens (tertiary/aromatic N) is 12. The van der Waals surface area contributed by atoms with Crippen LogP contribution < -0.4 is 0 Å². The summed E-state index contributed by atoms with van der Waals surface area (Å²) in [5, 5.41) is 31.7. The van der Waals surface area contributed by atoms with Crippen LogP contribution in [0.15, 0.2) is 107 Å². The van der Waals surface area contributed by atoms with E-state index in [9.17, 15) is 4.39 Å². The zero-order valence-electron chi connectivity index (χ0n) is 30.0. The van der Waals surface area contributed by atoms with Gasteiger partial charge in [-0.25, -0.2) is 13.8 Å². The van der Waals surface area contributed by atoms with E-state index >= 15 is 0 Å². The Bertz CT molecular complexity index is 2290. The summed E-state index contributed by atoms with van der Waals surface area (Å²) in [7, 11) is 0. The summed E-state index contributed by atoms with van der Waals surface area (Å²) in [6.45, 7) is 10.0. The standard InChI is InChI=1S/C22H25N7S.C17H15BrFN5/c1-16(2)20-19(15-28(24-20)13-17-7-4-3-5-8-17)21-22-23-25-26-29(22)11-10-27(21)14-18-9-6-12-30-18;18-14-5-1-3-12(9-14)11-23-7-8-24-17(20-21-22-24)16(23)13-4-2-6-15(19)10-13/h3-9,12,15-16,21H,10-11,13-14H2,1-2H3;1-6,9-10,16H,7-8,11H2. The van der Waals surface area contributed by atoms with Crippen molar-refractivity contribution in [3.63, 3.8) is 0 Å². The molecule has 4 aromatic heterocycles. The fraction of sp³-hybridized carbons (Fsp3) is 0.308. The SMILES string of the molecule is CC(C)c1nn(Cc2ccccc2)cc1C1c2nnnn2CCN1Cc1cccs1.Fc1cccc(C2c3nnnn3CCN2Cc2cccc(Br)c2)c1. The van der Waals surface area contributed by atoms with Gasteiger partial charge in [0.25, 0.3) is 0 Å². The highest BCUT2D eigenvalue weighted by Gasteiger charge is 2.36. The van der Waals surface area contributed by atoms with E-state index in [-0.39, 0.29) is 17.9 Å².